The fourth-order valence-corrected chi connectivity index (χ4v) is 0.520. The van der Waals surface area contributed by atoms with Crippen molar-refractivity contribution in [2.45, 2.75) is 20.3 Å². The van der Waals surface area contributed by atoms with E-state index in [1.807, 2.05) is 13.8 Å². The summed E-state index contributed by atoms with van der Waals surface area (Å²) in [6, 6.07) is 0. The molecule has 0 aliphatic rings. The molecular formula is C8H15NO2. The predicted octanol–water partition coefficient (Wildman–Crippen LogP) is 1.05. The van der Waals surface area contributed by atoms with Gasteiger partial charge in [0.1, 0.15) is 0 Å². The summed E-state index contributed by atoms with van der Waals surface area (Å²) in [5.41, 5.74) is 6.30. The molecule has 0 saturated heterocycles. The zero-order valence-corrected chi connectivity index (χ0v) is 7.26. The molecule has 0 bridgehead atoms. The number of allylic oxidation sites excluding steroid dienone is 1. The number of rotatable bonds is 3. The number of nitrogens with two attached hydrogens (primary N) is 1. The summed E-state index contributed by atoms with van der Waals surface area (Å²) in [4.78, 5) is 10.6. The van der Waals surface area contributed by atoms with Crippen LogP contribution in [0.4, 0.5) is 0 Å². The summed E-state index contributed by atoms with van der Waals surface area (Å²) in [6.07, 6.45) is 1.96. The molecule has 0 aliphatic carbocycles. The molecule has 11 heavy (non-hydrogen) atoms. The molecule has 0 aromatic rings. The number of hydrogen-bond acceptors (Lipinski definition) is 3. The first kappa shape index (κ1) is 10.0. The van der Waals surface area contributed by atoms with Crippen molar-refractivity contribution in [1.29, 1.82) is 0 Å². The average molecular weight is 157 g/mol. The predicted molar refractivity (Wildman–Crippen MR) is 43.7 cm³/mol. The second-order valence-corrected chi connectivity index (χ2v) is 2.64. The largest absolute Gasteiger partial charge is 0.469 e. The molecule has 0 atom stereocenters. The SMILES string of the molecule is COC(=O)CC=C(N)C(C)C. The minimum absolute atomic E-state index is 0.256. The van der Waals surface area contributed by atoms with Crippen LogP contribution in [0.1, 0.15) is 20.3 Å². The van der Waals surface area contributed by atoms with Gasteiger partial charge in [-0.05, 0) is 5.92 Å². The van der Waals surface area contributed by atoms with E-state index >= 15 is 0 Å². The molecule has 0 saturated carbocycles. The van der Waals surface area contributed by atoms with Gasteiger partial charge in [-0.1, -0.05) is 19.9 Å². The van der Waals surface area contributed by atoms with Crippen molar-refractivity contribution in [1.82, 2.24) is 0 Å². The van der Waals surface area contributed by atoms with Crippen LogP contribution in [0.3, 0.4) is 0 Å². The molecule has 0 aliphatic heterocycles. The van der Waals surface area contributed by atoms with E-state index in [9.17, 15) is 4.79 Å². The third-order valence-corrected chi connectivity index (χ3v) is 1.40. The van der Waals surface area contributed by atoms with E-state index in [0.717, 1.165) is 5.70 Å². The van der Waals surface area contributed by atoms with Crippen LogP contribution in [-0.4, -0.2) is 13.1 Å². The molecule has 3 heteroatoms. The first-order chi connectivity index (χ1) is 5.07. The molecular weight excluding hydrogens is 142 g/mol. The van der Waals surface area contributed by atoms with Crippen LogP contribution in [0.2, 0.25) is 0 Å². The second-order valence-electron chi connectivity index (χ2n) is 2.64. The standard InChI is InChI=1S/C8H15NO2/c1-6(2)7(9)4-5-8(10)11-3/h4,6H,5,9H2,1-3H3. The van der Waals surface area contributed by atoms with Gasteiger partial charge in [0.15, 0.2) is 0 Å². The fourth-order valence-electron chi connectivity index (χ4n) is 0.520. The van der Waals surface area contributed by atoms with Gasteiger partial charge >= 0.3 is 5.97 Å². The zero-order valence-electron chi connectivity index (χ0n) is 7.26. The molecule has 2 N–H and O–H groups in total. The van der Waals surface area contributed by atoms with Crippen molar-refractivity contribution < 1.29 is 9.53 Å². The molecule has 3 nitrogen and oxygen atoms in total. The molecule has 0 rings (SSSR count). The number of hydrogen-bond donors (Lipinski definition) is 1. The normalized spacial score (nSPS) is 11.8. The van der Waals surface area contributed by atoms with Crippen molar-refractivity contribution in [2.75, 3.05) is 7.11 Å². The van der Waals surface area contributed by atoms with Gasteiger partial charge in [0.25, 0.3) is 0 Å². The Morgan fingerprint density at radius 3 is 2.55 bits per heavy atom. The van der Waals surface area contributed by atoms with E-state index in [1.165, 1.54) is 7.11 Å². The van der Waals surface area contributed by atoms with Crippen LogP contribution < -0.4 is 5.73 Å². The van der Waals surface area contributed by atoms with E-state index in [-0.39, 0.29) is 12.4 Å². The van der Waals surface area contributed by atoms with Crippen LogP contribution in [0, 0.1) is 5.92 Å². The van der Waals surface area contributed by atoms with E-state index in [2.05, 4.69) is 4.74 Å². The topological polar surface area (TPSA) is 52.3 Å². The lowest BCUT2D eigenvalue weighted by atomic mass is 10.1. The summed E-state index contributed by atoms with van der Waals surface area (Å²) in [5, 5.41) is 0. The van der Waals surface area contributed by atoms with Crippen molar-refractivity contribution in [3.63, 3.8) is 0 Å². The van der Waals surface area contributed by atoms with Crippen molar-refractivity contribution in [2.24, 2.45) is 11.7 Å². The van der Waals surface area contributed by atoms with Crippen molar-refractivity contribution in [3.8, 4) is 0 Å². The van der Waals surface area contributed by atoms with Crippen LogP contribution in [-0.2, 0) is 9.53 Å². The lowest BCUT2D eigenvalue weighted by Gasteiger charge is -2.03. The lowest BCUT2D eigenvalue weighted by molar-refractivity contribution is -0.139. The van der Waals surface area contributed by atoms with Crippen molar-refractivity contribution >= 4 is 5.97 Å². The van der Waals surface area contributed by atoms with Crippen LogP contribution in [0.15, 0.2) is 11.8 Å². The Balaban J connectivity index is 3.82. The molecule has 0 fully saturated rings. The number of ether oxygens (including phenoxy) is 1. The number of methoxy groups -OCH3 is 1. The van der Waals surface area contributed by atoms with Crippen LogP contribution in [0.25, 0.3) is 0 Å². The molecule has 0 aromatic heterocycles. The van der Waals surface area contributed by atoms with Gasteiger partial charge in [-0.15, -0.1) is 0 Å². The van der Waals surface area contributed by atoms with E-state index in [0.29, 0.717) is 5.92 Å². The Bertz CT molecular complexity index is 161. The van der Waals surface area contributed by atoms with Gasteiger partial charge in [-0.3, -0.25) is 4.79 Å². The summed E-state index contributed by atoms with van der Waals surface area (Å²) in [7, 11) is 1.36. The van der Waals surface area contributed by atoms with Gasteiger partial charge in [0.2, 0.25) is 0 Å². The molecule has 64 valence electrons. The molecule has 0 amide bonds. The zero-order chi connectivity index (χ0) is 8.85. The lowest BCUT2D eigenvalue weighted by Crippen LogP contribution is -2.06. The van der Waals surface area contributed by atoms with E-state index in [1.54, 1.807) is 6.08 Å². The number of esters is 1. The second kappa shape index (κ2) is 4.77. The quantitative estimate of drug-likeness (QED) is 0.623. The third-order valence-electron chi connectivity index (χ3n) is 1.40. The van der Waals surface area contributed by atoms with Gasteiger partial charge in [0, 0.05) is 5.70 Å². The van der Waals surface area contributed by atoms with Crippen LogP contribution in [0.5, 0.6) is 0 Å². The smallest absolute Gasteiger partial charge is 0.309 e. The Morgan fingerprint density at radius 1 is 1.64 bits per heavy atom. The van der Waals surface area contributed by atoms with Crippen LogP contribution >= 0.6 is 0 Å². The van der Waals surface area contributed by atoms with Crippen molar-refractivity contribution in [3.05, 3.63) is 11.8 Å². The first-order valence-corrected chi connectivity index (χ1v) is 3.60. The monoisotopic (exact) mass is 157 g/mol. The minimum atomic E-state index is -0.256. The Morgan fingerprint density at radius 2 is 2.18 bits per heavy atom. The highest BCUT2D eigenvalue weighted by Gasteiger charge is 1.99. The molecule has 0 spiro atoms. The van der Waals surface area contributed by atoms with E-state index in [4.69, 9.17) is 5.73 Å². The molecule has 0 heterocycles. The Hall–Kier alpha value is -0.990. The fraction of sp³-hybridized carbons (Fsp3) is 0.625. The van der Waals surface area contributed by atoms with E-state index < -0.39 is 0 Å². The van der Waals surface area contributed by atoms with Gasteiger partial charge in [0.05, 0.1) is 13.5 Å². The first-order valence-electron chi connectivity index (χ1n) is 3.60. The van der Waals surface area contributed by atoms with Gasteiger partial charge in [-0.25, -0.2) is 0 Å². The third kappa shape index (κ3) is 4.42. The maximum Gasteiger partial charge on any atom is 0.309 e. The summed E-state index contributed by atoms with van der Waals surface area (Å²) in [6.45, 7) is 3.95. The summed E-state index contributed by atoms with van der Waals surface area (Å²) >= 11 is 0. The number of carbonyl (C=O) groups is 1. The van der Waals surface area contributed by atoms with Gasteiger partial charge in [-0.2, -0.15) is 0 Å². The molecule has 0 aromatic carbocycles. The maximum atomic E-state index is 10.6. The average Bonchev–Trinajstić information content (AvgIpc) is 1.99. The number of carbonyl (C=O) groups excluding carboxylic acids is 1. The highest BCUT2D eigenvalue weighted by atomic mass is 16.5. The highest BCUT2D eigenvalue weighted by molar-refractivity contribution is 5.71. The highest BCUT2D eigenvalue weighted by Crippen LogP contribution is 2.03. The molecule has 0 radical (unpaired) electrons. The maximum absolute atomic E-state index is 10.6. The summed E-state index contributed by atoms with van der Waals surface area (Å²) < 4.78 is 4.44. The Kier molecular flexibility index (Phi) is 4.34. The Labute approximate surface area is 67.2 Å². The summed E-state index contributed by atoms with van der Waals surface area (Å²) in [5.74, 6) is 0.0354. The molecule has 0 unspecified atom stereocenters. The minimum Gasteiger partial charge on any atom is -0.469 e. The van der Waals surface area contributed by atoms with Gasteiger partial charge < -0.3 is 10.5 Å².